The van der Waals surface area contributed by atoms with Crippen LogP contribution in [0.25, 0.3) is 0 Å². The molecular formula is C5H14Cl2N2O. The van der Waals surface area contributed by atoms with Crippen LogP contribution in [-0.4, -0.2) is 18.9 Å². The van der Waals surface area contributed by atoms with Crippen LogP contribution >= 0.6 is 24.8 Å². The highest BCUT2D eigenvalue weighted by atomic mass is 35.5. The van der Waals surface area contributed by atoms with E-state index in [-0.39, 0.29) is 37.1 Å². The molecule has 0 saturated carbocycles. The lowest BCUT2D eigenvalue weighted by Gasteiger charge is -2.24. The van der Waals surface area contributed by atoms with E-state index < -0.39 is 0 Å². The van der Waals surface area contributed by atoms with Gasteiger partial charge in [-0.25, -0.2) is 0 Å². The summed E-state index contributed by atoms with van der Waals surface area (Å²) in [4.78, 5) is 0. The van der Waals surface area contributed by atoms with Crippen molar-refractivity contribution in [2.24, 2.45) is 11.5 Å². The summed E-state index contributed by atoms with van der Waals surface area (Å²) >= 11 is 0. The van der Waals surface area contributed by atoms with Crippen molar-refractivity contribution in [2.75, 3.05) is 6.61 Å². The van der Waals surface area contributed by atoms with E-state index in [1.165, 1.54) is 0 Å². The van der Waals surface area contributed by atoms with Crippen LogP contribution in [0.2, 0.25) is 0 Å². The molecule has 5 heteroatoms. The van der Waals surface area contributed by atoms with E-state index in [1.54, 1.807) is 0 Å². The van der Waals surface area contributed by atoms with Crippen LogP contribution in [0.4, 0.5) is 0 Å². The molecule has 0 aromatic heterocycles. The van der Waals surface area contributed by atoms with Crippen LogP contribution in [0.5, 0.6) is 0 Å². The minimum absolute atomic E-state index is 0. The number of rotatable bonds is 0. The van der Waals surface area contributed by atoms with E-state index in [0.717, 1.165) is 19.4 Å². The predicted octanol–water partition coefficient (Wildman–Crippen LogP) is 0.253. The highest BCUT2D eigenvalue weighted by molar-refractivity contribution is 5.85. The van der Waals surface area contributed by atoms with E-state index in [1.807, 2.05) is 0 Å². The summed E-state index contributed by atoms with van der Waals surface area (Å²) in [6, 6.07) is 0.0590. The van der Waals surface area contributed by atoms with E-state index in [2.05, 4.69) is 0 Å². The fourth-order valence-electron chi connectivity index (χ4n) is 0.826. The molecule has 0 radical (unpaired) electrons. The van der Waals surface area contributed by atoms with Crippen LogP contribution in [0.15, 0.2) is 0 Å². The molecular weight excluding hydrogens is 175 g/mol. The van der Waals surface area contributed by atoms with Crippen LogP contribution < -0.4 is 11.5 Å². The molecule has 2 atom stereocenters. The first-order valence-electron chi connectivity index (χ1n) is 2.93. The van der Waals surface area contributed by atoms with Crippen molar-refractivity contribution in [1.82, 2.24) is 0 Å². The Morgan fingerprint density at radius 2 is 1.80 bits per heavy atom. The van der Waals surface area contributed by atoms with Gasteiger partial charge in [-0.1, -0.05) is 0 Å². The summed E-state index contributed by atoms with van der Waals surface area (Å²) in [6.45, 7) is 0.773. The van der Waals surface area contributed by atoms with Crippen molar-refractivity contribution >= 4 is 24.8 Å². The largest absolute Gasteiger partial charge is 0.362 e. The molecule has 10 heavy (non-hydrogen) atoms. The van der Waals surface area contributed by atoms with Crippen molar-refractivity contribution in [3.63, 3.8) is 0 Å². The molecule has 0 spiro atoms. The second kappa shape index (κ2) is 6.19. The lowest BCUT2D eigenvalue weighted by Crippen LogP contribution is -2.46. The van der Waals surface area contributed by atoms with E-state index in [9.17, 15) is 0 Å². The standard InChI is InChI=1S/C5H12N2O.2ClH/c6-4-2-1-3-8-5(4)7;;/h4-5H,1-3,6-7H2;2*1H. The Balaban J connectivity index is 0. The van der Waals surface area contributed by atoms with Crippen molar-refractivity contribution in [1.29, 1.82) is 0 Å². The van der Waals surface area contributed by atoms with Gasteiger partial charge in [-0.05, 0) is 12.8 Å². The number of ether oxygens (including phenoxy) is 1. The number of halogens is 2. The Morgan fingerprint density at radius 3 is 2.10 bits per heavy atom. The number of hydrogen-bond acceptors (Lipinski definition) is 3. The SMILES string of the molecule is Cl.Cl.NC1CCCOC1N. The minimum Gasteiger partial charge on any atom is -0.362 e. The van der Waals surface area contributed by atoms with Crippen molar-refractivity contribution < 1.29 is 4.74 Å². The average molecular weight is 189 g/mol. The van der Waals surface area contributed by atoms with Gasteiger partial charge in [0.2, 0.25) is 0 Å². The zero-order valence-electron chi connectivity index (χ0n) is 5.66. The molecule has 64 valence electrons. The van der Waals surface area contributed by atoms with E-state index in [0.29, 0.717) is 0 Å². The molecule has 1 aliphatic rings. The fourth-order valence-corrected chi connectivity index (χ4v) is 0.826. The molecule has 2 unspecified atom stereocenters. The molecule has 1 rings (SSSR count). The van der Waals surface area contributed by atoms with Crippen LogP contribution in [-0.2, 0) is 4.74 Å². The zero-order valence-corrected chi connectivity index (χ0v) is 7.29. The molecule has 4 N–H and O–H groups in total. The maximum Gasteiger partial charge on any atom is 0.120 e. The zero-order chi connectivity index (χ0) is 5.98. The van der Waals surface area contributed by atoms with Crippen LogP contribution in [0, 0.1) is 0 Å². The van der Waals surface area contributed by atoms with Crippen molar-refractivity contribution in [3.05, 3.63) is 0 Å². The summed E-state index contributed by atoms with van der Waals surface area (Å²) in [5.41, 5.74) is 11.0. The quantitative estimate of drug-likeness (QED) is 0.574. The third kappa shape index (κ3) is 3.58. The van der Waals surface area contributed by atoms with Gasteiger partial charge in [-0.3, -0.25) is 0 Å². The highest BCUT2D eigenvalue weighted by Crippen LogP contribution is 2.06. The molecule has 1 aliphatic heterocycles. The van der Waals surface area contributed by atoms with Gasteiger partial charge >= 0.3 is 0 Å². The molecule has 3 nitrogen and oxygen atoms in total. The van der Waals surface area contributed by atoms with Gasteiger partial charge in [-0.15, -0.1) is 24.8 Å². The summed E-state index contributed by atoms with van der Waals surface area (Å²) in [5.74, 6) is 0. The first-order chi connectivity index (χ1) is 3.80. The average Bonchev–Trinajstić information content (AvgIpc) is 1.77. The molecule has 0 amide bonds. The maximum absolute atomic E-state index is 5.53. The Hall–Kier alpha value is 0.460. The molecule has 0 aliphatic carbocycles. The third-order valence-electron chi connectivity index (χ3n) is 1.41. The van der Waals surface area contributed by atoms with Crippen molar-refractivity contribution in [2.45, 2.75) is 25.1 Å². The molecule has 0 bridgehead atoms. The normalized spacial score (nSPS) is 31.8. The molecule has 1 fully saturated rings. The van der Waals surface area contributed by atoms with Crippen LogP contribution in [0.3, 0.4) is 0 Å². The maximum atomic E-state index is 5.53. The van der Waals surface area contributed by atoms with Gasteiger partial charge in [0.25, 0.3) is 0 Å². The van der Waals surface area contributed by atoms with Gasteiger partial charge < -0.3 is 16.2 Å². The molecule has 0 aromatic rings. The highest BCUT2D eigenvalue weighted by Gasteiger charge is 2.17. The second-order valence-corrected chi connectivity index (χ2v) is 2.14. The first kappa shape index (κ1) is 13.1. The first-order valence-corrected chi connectivity index (χ1v) is 2.93. The summed E-state index contributed by atoms with van der Waals surface area (Å²) < 4.78 is 5.04. The fraction of sp³-hybridized carbons (Fsp3) is 1.00. The minimum atomic E-state index is -0.219. The van der Waals surface area contributed by atoms with E-state index in [4.69, 9.17) is 16.2 Å². The van der Waals surface area contributed by atoms with E-state index >= 15 is 0 Å². The summed E-state index contributed by atoms with van der Waals surface area (Å²) in [5, 5.41) is 0. The third-order valence-corrected chi connectivity index (χ3v) is 1.41. The molecule has 1 saturated heterocycles. The Labute approximate surface area is 73.3 Å². The Morgan fingerprint density at radius 1 is 1.20 bits per heavy atom. The Kier molecular flexibility index (Phi) is 8.09. The molecule has 0 aromatic carbocycles. The van der Waals surface area contributed by atoms with Crippen molar-refractivity contribution in [3.8, 4) is 0 Å². The summed E-state index contributed by atoms with van der Waals surface area (Å²) in [7, 11) is 0. The van der Waals surface area contributed by atoms with Crippen LogP contribution in [0.1, 0.15) is 12.8 Å². The monoisotopic (exact) mass is 188 g/mol. The number of hydrogen-bond donors (Lipinski definition) is 2. The van der Waals surface area contributed by atoms with Gasteiger partial charge in [0.05, 0.1) is 0 Å². The lowest BCUT2D eigenvalue weighted by atomic mass is 10.1. The topological polar surface area (TPSA) is 61.3 Å². The second-order valence-electron chi connectivity index (χ2n) is 2.14. The lowest BCUT2D eigenvalue weighted by molar-refractivity contribution is 0.00602. The van der Waals surface area contributed by atoms with Gasteiger partial charge in [0, 0.05) is 12.6 Å². The van der Waals surface area contributed by atoms with Gasteiger partial charge in [0.15, 0.2) is 0 Å². The smallest absolute Gasteiger partial charge is 0.120 e. The Bertz CT molecular complexity index is 74.0. The van der Waals surface area contributed by atoms with Gasteiger partial charge in [-0.2, -0.15) is 0 Å². The predicted molar refractivity (Wildman–Crippen MR) is 45.6 cm³/mol. The molecule has 1 heterocycles. The summed E-state index contributed by atoms with van der Waals surface area (Å²) in [6.07, 6.45) is 1.83. The van der Waals surface area contributed by atoms with Gasteiger partial charge in [0.1, 0.15) is 6.23 Å². The number of nitrogens with two attached hydrogens (primary N) is 2.